The Morgan fingerprint density at radius 1 is 1.15 bits per heavy atom. The van der Waals surface area contributed by atoms with Crippen LogP contribution in [0.3, 0.4) is 0 Å². The molecule has 20 heavy (non-hydrogen) atoms. The molecular formula is C14H19NO5. The number of amides is 1. The van der Waals surface area contributed by atoms with Gasteiger partial charge in [-0.25, -0.2) is 0 Å². The molecule has 0 aliphatic carbocycles. The lowest BCUT2D eigenvalue weighted by molar-refractivity contribution is -0.141. The van der Waals surface area contributed by atoms with E-state index in [0.29, 0.717) is 31.1 Å². The van der Waals surface area contributed by atoms with Crippen molar-refractivity contribution in [3.63, 3.8) is 0 Å². The van der Waals surface area contributed by atoms with E-state index in [1.54, 1.807) is 38.3 Å². The fourth-order valence-electron chi connectivity index (χ4n) is 1.41. The summed E-state index contributed by atoms with van der Waals surface area (Å²) in [7, 11) is 1.60. The second-order valence-corrected chi connectivity index (χ2v) is 3.85. The van der Waals surface area contributed by atoms with Crippen LogP contribution < -0.4 is 10.1 Å². The average Bonchev–Trinajstić information content (AvgIpc) is 2.46. The second-order valence-electron chi connectivity index (χ2n) is 3.85. The Morgan fingerprint density at radius 2 is 1.85 bits per heavy atom. The van der Waals surface area contributed by atoms with Crippen molar-refractivity contribution in [2.24, 2.45) is 0 Å². The molecule has 0 saturated heterocycles. The number of ether oxygens (including phenoxy) is 3. The molecule has 1 aromatic rings. The number of carbonyl (C=O) groups is 2. The van der Waals surface area contributed by atoms with Crippen LogP contribution in [0, 0.1) is 0 Å². The lowest BCUT2D eigenvalue weighted by Crippen LogP contribution is -2.30. The van der Waals surface area contributed by atoms with Crippen molar-refractivity contribution in [2.75, 3.05) is 33.5 Å². The summed E-state index contributed by atoms with van der Waals surface area (Å²) >= 11 is 0. The molecule has 0 unspecified atom stereocenters. The number of hydrogen-bond acceptors (Lipinski definition) is 5. The molecule has 110 valence electrons. The molecule has 0 aromatic heterocycles. The van der Waals surface area contributed by atoms with Gasteiger partial charge in [0.2, 0.25) is 0 Å². The number of carbonyl (C=O) groups excluding carboxylic acids is 2. The van der Waals surface area contributed by atoms with Crippen LogP contribution in [0.5, 0.6) is 5.75 Å². The van der Waals surface area contributed by atoms with Crippen LogP contribution in [0.2, 0.25) is 0 Å². The molecule has 1 amide bonds. The molecule has 0 aliphatic rings. The van der Waals surface area contributed by atoms with Crippen molar-refractivity contribution in [2.45, 2.75) is 6.92 Å². The van der Waals surface area contributed by atoms with Crippen LogP contribution in [0.1, 0.15) is 17.3 Å². The minimum atomic E-state index is -0.458. The summed E-state index contributed by atoms with van der Waals surface area (Å²) < 4.78 is 15.0. The highest BCUT2D eigenvalue weighted by Gasteiger charge is 2.08. The zero-order valence-corrected chi connectivity index (χ0v) is 11.7. The number of methoxy groups -OCH3 is 1. The Bertz CT molecular complexity index is 430. The standard InChI is InChI=1S/C14H19NO5/c1-3-19-13(16)10-15-14(17)11-4-6-12(7-5-11)20-9-8-18-2/h4-7H,3,8-10H2,1-2H3,(H,15,17). The van der Waals surface area contributed by atoms with Crippen LogP contribution in [-0.4, -0.2) is 45.4 Å². The van der Waals surface area contributed by atoms with Crippen molar-refractivity contribution >= 4 is 11.9 Å². The third-order valence-electron chi connectivity index (χ3n) is 2.37. The summed E-state index contributed by atoms with van der Waals surface area (Å²) in [4.78, 5) is 22.9. The Balaban J connectivity index is 2.42. The van der Waals surface area contributed by atoms with E-state index in [1.807, 2.05) is 0 Å². The Morgan fingerprint density at radius 3 is 2.45 bits per heavy atom. The lowest BCUT2D eigenvalue weighted by atomic mass is 10.2. The first kappa shape index (κ1) is 16.0. The Hall–Kier alpha value is -2.08. The molecule has 0 fully saturated rings. The topological polar surface area (TPSA) is 73.9 Å². The first-order valence-corrected chi connectivity index (χ1v) is 6.33. The summed E-state index contributed by atoms with van der Waals surface area (Å²) in [5, 5.41) is 2.48. The fraction of sp³-hybridized carbons (Fsp3) is 0.429. The molecule has 0 atom stereocenters. The molecule has 1 N–H and O–H groups in total. The number of hydrogen-bond donors (Lipinski definition) is 1. The van der Waals surface area contributed by atoms with E-state index in [1.165, 1.54) is 0 Å². The van der Waals surface area contributed by atoms with Crippen LogP contribution >= 0.6 is 0 Å². The normalized spacial score (nSPS) is 9.90. The maximum absolute atomic E-state index is 11.7. The zero-order chi connectivity index (χ0) is 14.8. The molecule has 1 rings (SSSR count). The van der Waals surface area contributed by atoms with E-state index in [9.17, 15) is 9.59 Å². The molecule has 0 radical (unpaired) electrons. The van der Waals surface area contributed by atoms with Crippen LogP contribution in [0.15, 0.2) is 24.3 Å². The van der Waals surface area contributed by atoms with Gasteiger partial charge in [0.25, 0.3) is 5.91 Å². The SMILES string of the molecule is CCOC(=O)CNC(=O)c1ccc(OCCOC)cc1. The van der Waals surface area contributed by atoms with Crippen molar-refractivity contribution in [1.29, 1.82) is 0 Å². The highest BCUT2D eigenvalue weighted by molar-refractivity contribution is 5.95. The van der Waals surface area contributed by atoms with Gasteiger partial charge in [0, 0.05) is 12.7 Å². The Labute approximate surface area is 118 Å². The van der Waals surface area contributed by atoms with E-state index in [0.717, 1.165) is 0 Å². The van der Waals surface area contributed by atoms with Crippen LogP contribution in [-0.2, 0) is 14.3 Å². The predicted molar refractivity (Wildman–Crippen MR) is 72.8 cm³/mol. The van der Waals surface area contributed by atoms with Gasteiger partial charge in [-0.1, -0.05) is 0 Å². The number of nitrogens with one attached hydrogen (secondary N) is 1. The minimum Gasteiger partial charge on any atom is -0.491 e. The summed E-state index contributed by atoms with van der Waals surface area (Å²) in [6.07, 6.45) is 0. The molecule has 0 spiro atoms. The van der Waals surface area contributed by atoms with Gasteiger partial charge in [-0.2, -0.15) is 0 Å². The van der Waals surface area contributed by atoms with Gasteiger partial charge in [-0.15, -0.1) is 0 Å². The van der Waals surface area contributed by atoms with Gasteiger partial charge < -0.3 is 19.5 Å². The molecule has 0 bridgehead atoms. The minimum absolute atomic E-state index is 0.140. The van der Waals surface area contributed by atoms with Crippen molar-refractivity contribution in [3.8, 4) is 5.75 Å². The van der Waals surface area contributed by atoms with E-state index < -0.39 is 5.97 Å². The summed E-state index contributed by atoms with van der Waals surface area (Å²) in [6, 6.07) is 6.63. The number of benzene rings is 1. The van der Waals surface area contributed by atoms with E-state index in [4.69, 9.17) is 14.2 Å². The van der Waals surface area contributed by atoms with Gasteiger partial charge in [-0.3, -0.25) is 9.59 Å². The monoisotopic (exact) mass is 281 g/mol. The van der Waals surface area contributed by atoms with Crippen molar-refractivity contribution in [1.82, 2.24) is 5.32 Å². The molecule has 1 aromatic carbocycles. The van der Waals surface area contributed by atoms with Gasteiger partial charge >= 0.3 is 5.97 Å². The largest absolute Gasteiger partial charge is 0.491 e. The maximum atomic E-state index is 11.7. The zero-order valence-electron chi connectivity index (χ0n) is 11.7. The smallest absolute Gasteiger partial charge is 0.325 e. The molecule has 0 saturated carbocycles. The molecule has 6 nitrogen and oxygen atoms in total. The van der Waals surface area contributed by atoms with Crippen molar-refractivity contribution < 1.29 is 23.8 Å². The van der Waals surface area contributed by atoms with Crippen LogP contribution in [0.4, 0.5) is 0 Å². The van der Waals surface area contributed by atoms with Gasteiger partial charge in [-0.05, 0) is 31.2 Å². The summed E-state index contributed by atoms with van der Waals surface area (Å²) in [5.41, 5.74) is 0.452. The van der Waals surface area contributed by atoms with Crippen molar-refractivity contribution in [3.05, 3.63) is 29.8 Å². The van der Waals surface area contributed by atoms with Gasteiger partial charge in [0.05, 0.1) is 13.2 Å². The van der Waals surface area contributed by atoms with Gasteiger partial charge in [0.15, 0.2) is 0 Å². The molecule has 0 heterocycles. The predicted octanol–water partition coefficient (Wildman–Crippen LogP) is 1.00. The summed E-state index contributed by atoms with van der Waals surface area (Å²) in [5.74, 6) is -0.133. The van der Waals surface area contributed by atoms with Gasteiger partial charge in [0.1, 0.15) is 18.9 Å². The third-order valence-corrected chi connectivity index (χ3v) is 2.37. The van der Waals surface area contributed by atoms with E-state index >= 15 is 0 Å². The molecule has 0 aliphatic heterocycles. The lowest BCUT2D eigenvalue weighted by Gasteiger charge is -2.07. The first-order valence-electron chi connectivity index (χ1n) is 6.33. The van der Waals surface area contributed by atoms with E-state index in [2.05, 4.69) is 5.32 Å². The average molecular weight is 281 g/mol. The maximum Gasteiger partial charge on any atom is 0.325 e. The summed E-state index contributed by atoms with van der Waals surface area (Å²) in [6.45, 7) is 2.82. The quantitative estimate of drug-likeness (QED) is 0.568. The third kappa shape index (κ3) is 5.71. The first-order chi connectivity index (χ1) is 9.67. The highest BCUT2D eigenvalue weighted by atomic mass is 16.5. The molecule has 6 heteroatoms. The number of esters is 1. The fourth-order valence-corrected chi connectivity index (χ4v) is 1.41. The second kappa shape index (κ2) is 8.92. The van der Waals surface area contributed by atoms with Crippen LogP contribution in [0.25, 0.3) is 0 Å². The molecular weight excluding hydrogens is 262 g/mol. The highest BCUT2D eigenvalue weighted by Crippen LogP contribution is 2.11. The Kier molecular flexibility index (Phi) is 7.13. The number of rotatable bonds is 8. The van der Waals surface area contributed by atoms with E-state index in [-0.39, 0.29) is 12.5 Å².